The standard InChI is InChI=1S/C28H43NO7S/c1-7-19-13-17(2)9-8-11-27(6)28(34,36-27)25(33)23(18(3)14-20-16-37-21(15-30)29-20)35-22(31)10-12-26(4,5)24(19)32/h14,16-17,19,23,25,30,33-34H,7-13,15H2,1-6H3. The lowest BCUT2D eigenvalue weighted by atomic mass is 9.74. The molecule has 3 N–H and O–H groups in total. The summed E-state index contributed by atoms with van der Waals surface area (Å²) >= 11 is 1.29. The van der Waals surface area contributed by atoms with Gasteiger partial charge in [0.25, 0.3) is 0 Å². The number of nitrogens with zero attached hydrogens (tertiary/aromatic N) is 1. The number of hydrogen-bond acceptors (Lipinski definition) is 9. The van der Waals surface area contributed by atoms with E-state index in [0.29, 0.717) is 35.0 Å². The highest BCUT2D eigenvalue weighted by Crippen LogP contribution is 2.53. The lowest BCUT2D eigenvalue weighted by Gasteiger charge is -2.31. The molecule has 8 nitrogen and oxygen atoms in total. The molecule has 0 bridgehead atoms. The summed E-state index contributed by atoms with van der Waals surface area (Å²) in [5, 5.41) is 34.2. The average Bonchev–Trinajstić information content (AvgIpc) is 3.16. The molecule has 2 aliphatic rings. The zero-order valence-electron chi connectivity index (χ0n) is 23.0. The quantitative estimate of drug-likeness (QED) is 0.381. The van der Waals surface area contributed by atoms with Crippen LogP contribution < -0.4 is 0 Å². The molecule has 1 aromatic rings. The Balaban J connectivity index is 1.91. The Morgan fingerprint density at radius 1 is 1.27 bits per heavy atom. The Bertz CT molecular complexity index is 1000. The first-order valence-electron chi connectivity index (χ1n) is 13.3. The van der Waals surface area contributed by atoms with Crippen molar-refractivity contribution in [3.8, 4) is 0 Å². The van der Waals surface area contributed by atoms with Crippen LogP contribution in [0.4, 0.5) is 0 Å². The molecule has 2 fully saturated rings. The summed E-state index contributed by atoms with van der Waals surface area (Å²) < 4.78 is 11.5. The van der Waals surface area contributed by atoms with Gasteiger partial charge in [0, 0.05) is 23.1 Å². The molecule has 6 unspecified atom stereocenters. The van der Waals surface area contributed by atoms with E-state index in [0.717, 1.165) is 25.7 Å². The Kier molecular flexibility index (Phi) is 9.39. The van der Waals surface area contributed by atoms with E-state index in [4.69, 9.17) is 9.47 Å². The molecule has 0 saturated carbocycles. The third kappa shape index (κ3) is 6.68. The minimum atomic E-state index is -1.85. The van der Waals surface area contributed by atoms with Crippen molar-refractivity contribution < 1.29 is 34.4 Å². The molecule has 0 amide bonds. The summed E-state index contributed by atoms with van der Waals surface area (Å²) in [5.41, 5.74) is -0.619. The number of rotatable bonds is 4. The summed E-state index contributed by atoms with van der Waals surface area (Å²) in [6.07, 6.45) is 3.01. The van der Waals surface area contributed by atoms with Crippen LogP contribution in [0, 0.1) is 17.3 Å². The lowest BCUT2D eigenvalue weighted by molar-refractivity contribution is -0.165. The van der Waals surface area contributed by atoms with Gasteiger partial charge in [0.1, 0.15) is 16.4 Å². The molecule has 3 rings (SSSR count). The molecule has 0 spiro atoms. The molecule has 2 aliphatic heterocycles. The van der Waals surface area contributed by atoms with Crippen LogP contribution in [0.2, 0.25) is 0 Å². The number of cyclic esters (lactones) is 1. The minimum absolute atomic E-state index is 0.00312. The maximum atomic E-state index is 13.4. The second-order valence-electron chi connectivity index (χ2n) is 11.7. The molecule has 2 saturated heterocycles. The van der Waals surface area contributed by atoms with Crippen LogP contribution in [0.5, 0.6) is 0 Å². The maximum Gasteiger partial charge on any atom is 0.306 e. The van der Waals surface area contributed by atoms with Crippen molar-refractivity contribution in [3.05, 3.63) is 21.7 Å². The molecular formula is C28H43NO7S. The third-order valence-electron chi connectivity index (χ3n) is 8.09. The van der Waals surface area contributed by atoms with E-state index in [1.807, 2.05) is 20.8 Å². The highest BCUT2D eigenvalue weighted by molar-refractivity contribution is 7.09. The number of aliphatic hydroxyl groups is 3. The Labute approximate surface area is 224 Å². The van der Waals surface area contributed by atoms with E-state index in [1.54, 1.807) is 25.3 Å². The monoisotopic (exact) mass is 537 g/mol. The number of esters is 1. The summed E-state index contributed by atoms with van der Waals surface area (Å²) in [6.45, 7) is 11.2. The number of carbonyl (C=O) groups is 2. The summed E-state index contributed by atoms with van der Waals surface area (Å²) in [5.74, 6) is -1.99. The first-order valence-corrected chi connectivity index (χ1v) is 14.2. The van der Waals surface area contributed by atoms with E-state index >= 15 is 0 Å². The fourth-order valence-corrected chi connectivity index (χ4v) is 6.06. The summed E-state index contributed by atoms with van der Waals surface area (Å²) in [4.78, 5) is 30.7. The normalized spacial score (nSPS) is 36.1. The van der Waals surface area contributed by atoms with Crippen molar-refractivity contribution in [2.45, 2.75) is 117 Å². The molecule has 0 radical (unpaired) electrons. The van der Waals surface area contributed by atoms with E-state index in [1.165, 1.54) is 11.3 Å². The summed E-state index contributed by atoms with van der Waals surface area (Å²) in [6, 6.07) is 0. The lowest BCUT2D eigenvalue weighted by Crippen LogP contribution is -2.47. The number of epoxide rings is 1. The molecule has 0 aliphatic carbocycles. The number of aliphatic hydroxyl groups excluding tert-OH is 2. The van der Waals surface area contributed by atoms with Gasteiger partial charge in [-0.15, -0.1) is 11.3 Å². The van der Waals surface area contributed by atoms with Gasteiger partial charge in [-0.05, 0) is 57.1 Å². The Hall–Kier alpha value is -1.65. The molecule has 9 heteroatoms. The first-order chi connectivity index (χ1) is 17.3. The fourth-order valence-electron chi connectivity index (χ4n) is 5.45. The molecule has 3 heterocycles. The number of thiazole rings is 1. The van der Waals surface area contributed by atoms with Crippen LogP contribution in [-0.4, -0.2) is 55.7 Å². The number of fused-ring (bicyclic) bond motifs is 1. The number of ketones is 1. The van der Waals surface area contributed by atoms with Crippen molar-refractivity contribution in [1.82, 2.24) is 4.98 Å². The van der Waals surface area contributed by atoms with Gasteiger partial charge in [-0.3, -0.25) is 9.59 Å². The molecular weight excluding hydrogens is 494 g/mol. The van der Waals surface area contributed by atoms with Crippen LogP contribution in [0.3, 0.4) is 0 Å². The van der Waals surface area contributed by atoms with Crippen LogP contribution in [-0.2, 0) is 25.7 Å². The average molecular weight is 538 g/mol. The Morgan fingerprint density at radius 2 is 1.97 bits per heavy atom. The topological polar surface area (TPSA) is 129 Å². The van der Waals surface area contributed by atoms with Gasteiger partial charge < -0.3 is 24.8 Å². The van der Waals surface area contributed by atoms with Crippen molar-refractivity contribution >= 4 is 29.2 Å². The fraction of sp³-hybridized carbons (Fsp3) is 0.750. The summed E-state index contributed by atoms with van der Waals surface area (Å²) in [7, 11) is 0. The largest absolute Gasteiger partial charge is 0.455 e. The molecule has 0 aromatic carbocycles. The van der Waals surface area contributed by atoms with Crippen LogP contribution in [0.15, 0.2) is 11.0 Å². The minimum Gasteiger partial charge on any atom is -0.455 e. The Morgan fingerprint density at radius 3 is 2.59 bits per heavy atom. The van der Waals surface area contributed by atoms with Gasteiger partial charge in [0.15, 0.2) is 12.2 Å². The number of aromatic nitrogens is 1. The van der Waals surface area contributed by atoms with Crippen LogP contribution in [0.25, 0.3) is 6.08 Å². The van der Waals surface area contributed by atoms with Crippen molar-refractivity contribution in [2.75, 3.05) is 0 Å². The molecule has 37 heavy (non-hydrogen) atoms. The smallest absolute Gasteiger partial charge is 0.306 e. The highest BCUT2D eigenvalue weighted by Gasteiger charge is 2.71. The maximum absolute atomic E-state index is 13.4. The first kappa shape index (κ1) is 29.9. The molecule has 6 atom stereocenters. The van der Waals surface area contributed by atoms with E-state index < -0.39 is 35.0 Å². The predicted octanol–water partition coefficient (Wildman–Crippen LogP) is 4.40. The number of carbonyl (C=O) groups excluding carboxylic acids is 2. The second kappa shape index (κ2) is 11.6. The number of Topliss-reactive ketones (excluding diaryl/α,β-unsaturated/α-hetero) is 1. The van der Waals surface area contributed by atoms with Gasteiger partial charge in [0.05, 0.1) is 12.3 Å². The predicted molar refractivity (Wildman–Crippen MR) is 141 cm³/mol. The van der Waals surface area contributed by atoms with Gasteiger partial charge >= 0.3 is 5.97 Å². The van der Waals surface area contributed by atoms with Gasteiger partial charge in [-0.1, -0.05) is 40.5 Å². The van der Waals surface area contributed by atoms with E-state index in [-0.39, 0.29) is 24.7 Å². The van der Waals surface area contributed by atoms with Crippen molar-refractivity contribution in [1.29, 1.82) is 0 Å². The molecule has 1 aromatic heterocycles. The van der Waals surface area contributed by atoms with Crippen molar-refractivity contribution in [2.24, 2.45) is 17.3 Å². The SMILES string of the molecule is CCC1CC(C)CCCC2(C)OC2(O)C(O)C(C(C)=Cc2csc(CO)n2)OC(=O)CCC(C)(C)C1=O. The van der Waals surface area contributed by atoms with Crippen molar-refractivity contribution in [3.63, 3.8) is 0 Å². The van der Waals surface area contributed by atoms with Crippen LogP contribution >= 0.6 is 11.3 Å². The van der Waals surface area contributed by atoms with Gasteiger partial charge in [-0.2, -0.15) is 0 Å². The van der Waals surface area contributed by atoms with E-state index in [9.17, 15) is 24.9 Å². The zero-order chi connectivity index (χ0) is 27.6. The number of hydrogen-bond donors (Lipinski definition) is 3. The molecule has 208 valence electrons. The van der Waals surface area contributed by atoms with Gasteiger partial charge in [0.2, 0.25) is 5.79 Å². The highest BCUT2D eigenvalue weighted by atomic mass is 32.1. The third-order valence-corrected chi connectivity index (χ3v) is 8.95. The van der Waals surface area contributed by atoms with E-state index in [2.05, 4.69) is 11.9 Å². The zero-order valence-corrected chi connectivity index (χ0v) is 23.8. The van der Waals surface area contributed by atoms with Gasteiger partial charge in [-0.25, -0.2) is 4.98 Å². The second-order valence-corrected chi connectivity index (χ2v) is 12.6. The van der Waals surface area contributed by atoms with Crippen LogP contribution in [0.1, 0.15) is 97.2 Å². The number of ether oxygens (including phenoxy) is 2.